The Balaban J connectivity index is 2.66. The van der Waals surface area contributed by atoms with E-state index < -0.39 is 116 Å². The first-order chi connectivity index (χ1) is 20.5. The van der Waals surface area contributed by atoms with Crippen molar-refractivity contribution in [3.05, 3.63) is 0 Å². The first-order valence-electron chi connectivity index (χ1n) is 13.5. The molecule has 2 heterocycles. The molecule has 0 aromatic carbocycles. The average molecular weight is 634 g/mol. The number of carbonyl (C=O) groups excluding carboxylic acids is 7. The van der Waals surface area contributed by atoms with Gasteiger partial charge in [0.1, 0.15) is 49.8 Å². The molecule has 18 nitrogen and oxygen atoms in total. The minimum Gasteiger partial charge on any atom is -0.463 e. The number of esters is 5. The van der Waals surface area contributed by atoms with Gasteiger partial charge in [0.15, 0.2) is 24.6 Å². The van der Waals surface area contributed by atoms with Crippen molar-refractivity contribution < 1.29 is 71.5 Å². The van der Waals surface area contributed by atoms with E-state index in [0.29, 0.717) is 0 Å². The fourth-order valence-electron chi connectivity index (χ4n) is 4.76. The van der Waals surface area contributed by atoms with Crippen molar-refractivity contribution in [3.63, 3.8) is 0 Å². The van der Waals surface area contributed by atoms with Crippen molar-refractivity contribution in [1.82, 2.24) is 10.6 Å². The lowest BCUT2D eigenvalue weighted by Crippen LogP contribution is -2.71. The van der Waals surface area contributed by atoms with Gasteiger partial charge in [-0.25, -0.2) is 0 Å². The van der Waals surface area contributed by atoms with Crippen LogP contribution in [0.4, 0.5) is 0 Å². The molecule has 18 heteroatoms. The summed E-state index contributed by atoms with van der Waals surface area (Å²) in [4.78, 5) is 84.0. The Kier molecular flexibility index (Phi) is 13.4. The highest BCUT2D eigenvalue weighted by molar-refractivity contribution is 5.74. The van der Waals surface area contributed by atoms with Crippen LogP contribution in [-0.4, -0.2) is 116 Å². The Hall–Kier alpha value is -3.87. The van der Waals surface area contributed by atoms with E-state index in [2.05, 4.69) is 10.6 Å². The minimum atomic E-state index is -1.62. The zero-order chi connectivity index (χ0) is 33.3. The second-order valence-corrected chi connectivity index (χ2v) is 10.1. The summed E-state index contributed by atoms with van der Waals surface area (Å²) in [6.07, 6.45) is -11.1. The van der Waals surface area contributed by atoms with Gasteiger partial charge in [-0.1, -0.05) is 0 Å². The fraction of sp³-hybridized carbons (Fsp3) is 0.731. The Morgan fingerprint density at radius 1 is 0.568 bits per heavy atom. The summed E-state index contributed by atoms with van der Waals surface area (Å²) in [6, 6.07) is -2.58. The van der Waals surface area contributed by atoms with Crippen LogP contribution in [0.5, 0.6) is 0 Å². The number of nitrogens with two attached hydrogens (primary N) is 1. The summed E-state index contributed by atoms with van der Waals surface area (Å²) in [5.41, 5.74) is 6.14. The summed E-state index contributed by atoms with van der Waals surface area (Å²) >= 11 is 0. The maximum absolute atomic E-state index is 12.3. The molecule has 2 amide bonds. The van der Waals surface area contributed by atoms with Crippen LogP contribution in [0.15, 0.2) is 0 Å². The van der Waals surface area contributed by atoms with Crippen molar-refractivity contribution in [2.45, 2.75) is 110 Å². The SMILES string of the molecule is CC(=O)N[C@@H]1[C@@H](OC(C)=O)[C@H](O[C@@H]2O[C@H](COC(C)=O)[C@@H](OC(C)=O)[C@H](OC(C)=O)[C@H]2NC(C)=O)[C@@H](COC(C)=O)O[C@H]1N. The Bertz CT molecular complexity index is 1100. The molecular weight excluding hydrogens is 594 g/mol. The summed E-state index contributed by atoms with van der Waals surface area (Å²) in [5, 5.41) is 5.08. The molecule has 0 radical (unpaired) electrons. The summed E-state index contributed by atoms with van der Waals surface area (Å²) in [6.45, 7) is 6.87. The molecular formula is C26H39N3O15. The van der Waals surface area contributed by atoms with Crippen LogP contribution in [0, 0.1) is 0 Å². The third-order valence-corrected chi connectivity index (χ3v) is 6.22. The van der Waals surface area contributed by atoms with Crippen LogP contribution < -0.4 is 16.4 Å². The van der Waals surface area contributed by atoms with Crippen molar-refractivity contribution in [2.75, 3.05) is 13.2 Å². The average Bonchev–Trinajstić information content (AvgIpc) is 2.87. The van der Waals surface area contributed by atoms with Crippen molar-refractivity contribution in [3.8, 4) is 0 Å². The molecule has 0 aromatic heterocycles. The molecule has 44 heavy (non-hydrogen) atoms. The van der Waals surface area contributed by atoms with Crippen LogP contribution in [0.1, 0.15) is 48.5 Å². The van der Waals surface area contributed by atoms with Gasteiger partial charge in [-0.2, -0.15) is 0 Å². The maximum atomic E-state index is 12.3. The largest absolute Gasteiger partial charge is 0.463 e. The molecule has 0 aromatic rings. The van der Waals surface area contributed by atoms with Gasteiger partial charge in [0.2, 0.25) is 11.8 Å². The van der Waals surface area contributed by atoms with E-state index in [0.717, 1.165) is 41.5 Å². The van der Waals surface area contributed by atoms with Crippen LogP contribution in [0.25, 0.3) is 0 Å². The van der Waals surface area contributed by atoms with Crippen molar-refractivity contribution in [2.24, 2.45) is 5.73 Å². The predicted octanol–water partition coefficient (Wildman–Crippen LogP) is -2.29. The summed E-state index contributed by atoms with van der Waals surface area (Å²) in [5.74, 6) is -5.07. The highest BCUT2D eigenvalue weighted by atomic mass is 16.7. The lowest BCUT2D eigenvalue weighted by Gasteiger charge is -2.49. The molecule has 2 rings (SSSR count). The summed E-state index contributed by atoms with van der Waals surface area (Å²) in [7, 11) is 0. The van der Waals surface area contributed by atoms with E-state index in [4.69, 9.17) is 43.6 Å². The van der Waals surface area contributed by atoms with E-state index in [1.165, 1.54) is 6.92 Å². The fourth-order valence-corrected chi connectivity index (χ4v) is 4.76. The Morgan fingerprint density at radius 2 is 0.977 bits per heavy atom. The molecule has 10 atom stereocenters. The van der Waals surface area contributed by atoms with Crippen LogP contribution >= 0.6 is 0 Å². The molecule has 4 N–H and O–H groups in total. The second kappa shape index (κ2) is 16.3. The second-order valence-electron chi connectivity index (χ2n) is 10.1. The number of rotatable bonds is 11. The topological polar surface area (TPSA) is 243 Å². The van der Waals surface area contributed by atoms with Gasteiger partial charge in [-0.3, -0.25) is 33.6 Å². The van der Waals surface area contributed by atoms with Crippen molar-refractivity contribution >= 4 is 41.7 Å². The van der Waals surface area contributed by atoms with Gasteiger partial charge in [0.05, 0.1) is 0 Å². The maximum Gasteiger partial charge on any atom is 0.303 e. The molecule has 0 aliphatic carbocycles. The molecule has 0 spiro atoms. The van der Waals surface area contributed by atoms with E-state index in [1.807, 2.05) is 0 Å². The van der Waals surface area contributed by atoms with Gasteiger partial charge in [-0.15, -0.1) is 0 Å². The van der Waals surface area contributed by atoms with Crippen LogP contribution in [0.3, 0.4) is 0 Å². The minimum absolute atomic E-state index is 0.462. The van der Waals surface area contributed by atoms with Crippen LogP contribution in [-0.2, 0) is 71.5 Å². The number of nitrogens with one attached hydrogen (secondary N) is 2. The highest BCUT2D eigenvalue weighted by Crippen LogP contribution is 2.32. The predicted molar refractivity (Wildman–Crippen MR) is 142 cm³/mol. The normalized spacial score (nSPS) is 31.5. The molecule has 248 valence electrons. The Morgan fingerprint density at radius 3 is 1.41 bits per heavy atom. The number of amides is 2. The monoisotopic (exact) mass is 633 g/mol. The smallest absolute Gasteiger partial charge is 0.303 e. The van der Waals surface area contributed by atoms with E-state index >= 15 is 0 Å². The quantitative estimate of drug-likeness (QED) is 0.160. The number of hydrogen-bond donors (Lipinski definition) is 3. The van der Waals surface area contributed by atoms with Gasteiger partial charge < -0.3 is 54.3 Å². The zero-order valence-electron chi connectivity index (χ0n) is 25.4. The molecule has 0 bridgehead atoms. The van der Waals surface area contributed by atoms with Gasteiger partial charge in [0, 0.05) is 48.5 Å². The first-order valence-corrected chi connectivity index (χ1v) is 13.5. The number of ether oxygens (including phenoxy) is 8. The highest BCUT2D eigenvalue weighted by Gasteiger charge is 2.55. The van der Waals surface area contributed by atoms with Crippen molar-refractivity contribution in [1.29, 1.82) is 0 Å². The molecule has 0 saturated carbocycles. The molecule has 2 saturated heterocycles. The number of hydrogen-bond acceptors (Lipinski definition) is 16. The Labute approximate surface area is 252 Å². The molecule has 2 aliphatic rings. The molecule has 2 aliphatic heterocycles. The first kappa shape index (κ1) is 36.3. The van der Waals surface area contributed by atoms with Gasteiger partial charge >= 0.3 is 29.8 Å². The molecule has 2 fully saturated rings. The van der Waals surface area contributed by atoms with Crippen LogP contribution in [0.2, 0.25) is 0 Å². The van der Waals surface area contributed by atoms with Gasteiger partial charge in [0.25, 0.3) is 0 Å². The number of carbonyl (C=O) groups is 7. The lowest BCUT2D eigenvalue weighted by atomic mass is 9.93. The molecule has 0 unspecified atom stereocenters. The van der Waals surface area contributed by atoms with Gasteiger partial charge in [-0.05, 0) is 0 Å². The summed E-state index contributed by atoms with van der Waals surface area (Å²) < 4.78 is 44.7. The zero-order valence-corrected chi connectivity index (χ0v) is 25.4. The standard InChI is InChI=1S/C26H39N3O15/c1-10(30)28-19-23(40-15(6)35)22(17(42-25(19)27)8-37-12(3)32)44-26-20(29-11(2)31)24(41-16(7)36)21(39-14(5)34)18(43-26)9-38-13(4)33/h17-26H,8-9,27H2,1-7H3,(H,28,30)(H,29,31)/t17-,18-,19-,20-,21-,22-,23-,24-,25-,26+/m1/s1. The van der Waals surface area contributed by atoms with E-state index in [9.17, 15) is 33.6 Å². The van der Waals surface area contributed by atoms with E-state index in [1.54, 1.807) is 0 Å². The third kappa shape index (κ3) is 10.7. The van der Waals surface area contributed by atoms with E-state index in [-0.39, 0.29) is 0 Å². The lowest BCUT2D eigenvalue weighted by molar-refractivity contribution is -0.317. The third-order valence-electron chi connectivity index (χ3n) is 6.22.